The summed E-state index contributed by atoms with van der Waals surface area (Å²) in [6.07, 6.45) is 0.671. The number of Topliss-reactive ketones (excluding diaryl/α,β-unsaturated/α-hetero) is 1. The van der Waals surface area contributed by atoms with E-state index in [9.17, 15) is 19.7 Å². The van der Waals surface area contributed by atoms with Crippen LogP contribution >= 0.6 is 0 Å². The highest BCUT2D eigenvalue weighted by atomic mass is 16.6. The van der Waals surface area contributed by atoms with Crippen molar-refractivity contribution in [3.05, 3.63) is 105 Å². The number of ketones is 1. The largest absolute Gasteiger partial charge is 0.326 e. The first-order chi connectivity index (χ1) is 15.3. The van der Waals surface area contributed by atoms with E-state index >= 15 is 0 Å². The van der Waals surface area contributed by atoms with Crippen molar-refractivity contribution in [1.82, 2.24) is 0 Å². The molecule has 6 rings (SSSR count). The fourth-order valence-electron chi connectivity index (χ4n) is 5.52. The second-order valence-electron chi connectivity index (χ2n) is 8.86. The van der Waals surface area contributed by atoms with Crippen molar-refractivity contribution < 1.29 is 14.5 Å². The van der Waals surface area contributed by atoms with Crippen molar-refractivity contribution in [2.75, 3.05) is 5.32 Å². The standard InChI is InChI=1S/C26H22N2O4/c1-15(29)21-13-16(11-12-23(21)28(31)32)27-25(30)26(2)14-22-17-7-3-5-9-19(17)24(26)20-10-6-4-8-18(20)22/h3-13,22,24H,14H2,1-2H3,(H,27,30). The average Bonchev–Trinajstić information content (AvgIpc) is 2.79. The maximum atomic E-state index is 13.7. The van der Waals surface area contributed by atoms with Gasteiger partial charge in [0.2, 0.25) is 5.91 Å². The van der Waals surface area contributed by atoms with Crippen LogP contribution in [0.25, 0.3) is 0 Å². The van der Waals surface area contributed by atoms with E-state index in [2.05, 4.69) is 29.6 Å². The SMILES string of the molecule is CC(=O)c1cc(NC(=O)C2(C)CC3c4ccccc4C2c2ccccc23)ccc1[N+](=O)[O-]. The summed E-state index contributed by atoms with van der Waals surface area (Å²) in [6, 6.07) is 20.8. The quantitative estimate of drug-likeness (QED) is 0.342. The van der Waals surface area contributed by atoms with E-state index < -0.39 is 16.1 Å². The lowest BCUT2D eigenvalue weighted by atomic mass is 9.52. The molecule has 2 bridgehead atoms. The van der Waals surface area contributed by atoms with Gasteiger partial charge >= 0.3 is 0 Å². The van der Waals surface area contributed by atoms with Gasteiger partial charge in [0.05, 0.1) is 15.9 Å². The molecule has 3 aliphatic rings. The van der Waals surface area contributed by atoms with E-state index in [1.54, 1.807) is 0 Å². The van der Waals surface area contributed by atoms with Crippen molar-refractivity contribution in [2.45, 2.75) is 32.1 Å². The van der Waals surface area contributed by atoms with E-state index in [1.165, 1.54) is 47.4 Å². The third kappa shape index (κ3) is 2.87. The number of nitro groups is 1. The Morgan fingerprint density at radius 1 is 0.969 bits per heavy atom. The van der Waals surface area contributed by atoms with Crippen LogP contribution in [-0.4, -0.2) is 16.6 Å². The number of carbonyl (C=O) groups is 2. The molecule has 1 unspecified atom stereocenters. The molecule has 0 radical (unpaired) electrons. The molecule has 1 atom stereocenters. The van der Waals surface area contributed by atoms with E-state index in [-0.39, 0.29) is 29.0 Å². The van der Waals surface area contributed by atoms with Gasteiger partial charge in [-0.05, 0) is 54.7 Å². The summed E-state index contributed by atoms with van der Waals surface area (Å²) in [5, 5.41) is 14.2. The van der Waals surface area contributed by atoms with Crippen molar-refractivity contribution >= 4 is 23.1 Å². The van der Waals surface area contributed by atoms with Gasteiger partial charge < -0.3 is 5.32 Å². The molecular formula is C26H22N2O4. The number of nitro benzene ring substituents is 1. The van der Waals surface area contributed by atoms with Crippen LogP contribution in [0.3, 0.4) is 0 Å². The summed E-state index contributed by atoms with van der Waals surface area (Å²) in [5.74, 6) is -0.531. The number of hydrogen-bond donors (Lipinski definition) is 1. The van der Waals surface area contributed by atoms with Crippen LogP contribution in [0, 0.1) is 15.5 Å². The zero-order valence-electron chi connectivity index (χ0n) is 17.8. The van der Waals surface area contributed by atoms with Gasteiger partial charge in [0.15, 0.2) is 5.78 Å². The van der Waals surface area contributed by atoms with Gasteiger partial charge in [-0.1, -0.05) is 48.5 Å². The molecule has 0 aliphatic heterocycles. The zero-order chi connectivity index (χ0) is 22.6. The first-order valence-electron chi connectivity index (χ1n) is 10.6. The molecule has 6 nitrogen and oxygen atoms in total. The van der Waals surface area contributed by atoms with Crippen molar-refractivity contribution in [2.24, 2.45) is 5.41 Å². The number of benzene rings is 3. The number of anilines is 1. The predicted octanol–water partition coefficient (Wildman–Crippen LogP) is 5.42. The van der Waals surface area contributed by atoms with Crippen molar-refractivity contribution in [3.8, 4) is 0 Å². The smallest absolute Gasteiger partial charge is 0.280 e. The summed E-state index contributed by atoms with van der Waals surface area (Å²) in [6.45, 7) is 3.27. The number of hydrogen-bond acceptors (Lipinski definition) is 4. The van der Waals surface area contributed by atoms with Crippen LogP contribution in [0.5, 0.6) is 0 Å². The van der Waals surface area contributed by atoms with Crippen LogP contribution in [0.2, 0.25) is 0 Å². The summed E-state index contributed by atoms with van der Waals surface area (Å²) in [5.41, 5.74) is 4.30. The minimum atomic E-state index is -0.703. The lowest BCUT2D eigenvalue weighted by Crippen LogP contribution is -2.47. The third-order valence-corrected chi connectivity index (χ3v) is 6.98. The zero-order valence-corrected chi connectivity index (χ0v) is 17.8. The van der Waals surface area contributed by atoms with Crippen molar-refractivity contribution in [1.29, 1.82) is 0 Å². The average molecular weight is 426 g/mol. The van der Waals surface area contributed by atoms with Crippen LogP contribution in [0.15, 0.2) is 66.7 Å². The van der Waals surface area contributed by atoms with Crippen LogP contribution < -0.4 is 5.32 Å². The van der Waals surface area contributed by atoms with E-state index in [0.29, 0.717) is 12.1 Å². The summed E-state index contributed by atoms with van der Waals surface area (Å²) < 4.78 is 0. The number of nitrogens with one attached hydrogen (secondary N) is 1. The Morgan fingerprint density at radius 3 is 2.06 bits per heavy atom. The molecule has 3 aliphatic carbocycles. The maximum absolute atomic E-state index is 13.7. The van der Waals surface area contributed by atoms with Gasteiger partial charge in [-0.3, -0.25) is 19.7 Å². The molecule has 0 fully saturated rings. The second-order valence-corrected chi connectivity index (χ2v) is 8.86. The molecule has 3 aromatic carbocycles. The molecule has 160 valence electrons. The van der Waals surface area contributed by atoms with Gasteiger partial charge in [-0.15, -0.1) is 0 Å². The summed E-state index contributed by atoms with van der Waals surface area (Å²) in [4.78, 5) is 36.3. The molecule has 3 aromatic rings. The Morgan fingerprint density at radius 2 is 1.53 bits per heavy atom. The Labute approximate surface area is 185 Å². The minimum absolute atomic E-state index is 0.0150. The van der Waals surface area contributed by atoms with E-state index in [4.69, 9.17) is 0 Å². The Bertz CT molecular complexity index is 1250. The molecular weight excluding hydrogens is 404 g/mol. The van der Waals surface area contributed by atoms with Gasteiger partial charge in [0.25, 0.3) is 5.69 Å². The topological polar surface area (TPSA) is 89.3 Å². The summed E-state index contributed by atoms with van der Waals surface area (Å²) in [7, 11) is 0. The number of amides is 1. The number of nitrogens with zero attached hydrogens (tertiary/aromatic N) is 1. The highest BCUT2D eigenvalue weighted by molar-refractivity contribution is 6.02. The van der Waals surface area contributed by atoms with Crippen molar-refractivity contribution in [3.63, 3.8) is 0 Å². The van der Waals surface area contributed by atoms with E-state index in [0.717, 1.165) is 0 Å². The monoisotopic (exact) mass is 426 g/mol. The van der Waals surface area contributed by atoms with Gasteiger partial charge in [-0.2, -0.15) is 0 Å². The molecule has 0 aromatic heterocycles. The minimum Gasteiger partial charge on any atom is -0.326 e. The number of rotatable bonds is 4. The summed E-state index contributed by atoms with van der Waals surface area (Å²) >= 11 is 0. The Hall–Kier alpha value is -3.80. The fraction of sp³-hybridized carbons (Fsp3) is 0.231. The van der Waals surface area contributed by atoms with Crippen LogP contribution in [0.1, 0.15) is 64.7 Å². The normalized spacial score (nSPS) is 22.6. The number of carbonyl (C=O) groups excluding carboxylic acids is 2. The Balaban J connectivity index is 1.55. The molecule has 32 heavy (non-hydrogen) atoms. The highest BCUT2D eigenvalue weighted by Gasteiger charge is 2.53. The maximum Gasteiger partial charge on any atom is 0.280 e. The molecule has 0 spiro atoms. The first-order valence-corrected chi connectivity index (χ1v) is 10.6. The van der Waals surface area contributed by atoms with Gasteiger partial charge in [0.1, 0.15) is 0 Å². The lowest BCUT2D eigenvalue weighted by molar-refractivity contribution is -0.385. The number of fused-ring (bicyclic) bond motifs is 1. The molecule has 6 heteroatoms. The van der Waals surface area contributed by atoms with Gasteiger partial charge in [0, 0.05) is 23.6 Å². The second kappa shape index (κ2) is 7.12. The van der Waals surface area contributed by atoms with Crippen LogP contribution in [0.4, 0.5) is 11.4 Å². The molecule has 1 amide bonds. The molecule has 0 saturated heterocycles. The molecule has 0 saturated carbocycles. The third-order valence-electron chi connectivity index (χ3n) is 6.98. The first kappa shape index (κ1) is 20.1. The van der Waals surface area contributed by atoms with Crippen LogP contribution in [-0.2, 0) is 4.79 Å². The van der Waals surface area contributed by atoms with Gasteiger partial charge in [-0.25, -0.2) is 0 Å². The Kier molecular flexibility index (Phi) is 4.48. The highest BCUT2D eigenvalue weighted by Crippen LogP contribution is 2.61. The molecule has 0 heterocycles. The van der Waals surface area contributed by atoms with E-state index in [1.807, 2.05) is 31.2 Å². The lowest BCUT2D eigenvalue weighted by Gasteiger charge is -2.50. The predicted molar refractivity (Wildman–Crippen MR) is 121 cm³/mol. The molecule has 1 N–H and O–H groups in total. The fourth-order valence-corrected chi connectivity index (χ4v) is 5.52.